The number of ether oxygens (including phenoxy) is 2. The van der Waals surface area contributed by atoms with E-state index < -0.39 is 0 Å². The van der Waals surface area contributed by atoms with Crippen molar-refractivity contribution in [1.29, 1.82) is 5.26 Å². The van der Waals surface area contributed by atoms with E-state index in [0.717, 1.165) is 18.4 Å². The van der Waals surface area contributed by atoms with Crippen molar-refractivity contribution >= 4 is 5.82 Å². The zero-order valence-corrected chi connectivity index (χ0v) is 12.0. The summed E-state index contributed by atoms with van der Waals surface area (Å²) in [6.07, 6.45) is 3.19. The van der Waals surface area contributed by atoms with E-state index in [9.17, 15) is 5.26 Å². The fraction of sp³-hybridized carbons (Fsp3) is 0.312. The van der Waals surface area contributed by atoms with Crippen LogP contribution in [0.15, 0.2) is 30.6 Å². The third kappa shape index (κ3) is 3.15. The van der Waals surface area contributed by atoms with Crippen molar-refractivity contribution in [2.24, 2.45) is 0 Å². The molecule has 0 saturated carbocycles. The SMILES string of the molecule is N#Cc1cc(-c2cc(N)ncn2)ccc1OC1CCOCC1. The Labute approximate surface area is 128 Å². The summed E-state index contributed by atoms with van der Waals surface area (Å²) in [5.41, 5.74) is 7.65. The minimum atomic E-state index is 0.0985. The van der Waals surface area contributed by atoms with Crippen molar-refractivity contribution in [3.05, 3.63) is 36.2 Å². The number of anilines is 1. The number of benzene rings is 1. The molecule has 2 N–H and O–H groups in total. The molecular formula is C16H16N4O2. The van der Waals surface area contributed by atoms with Crippen molar-refractivity contribution in [1.82, 2.24) is 9.97 Å². The van der Waals surface area contributed by atoms with Gasteiger partial charge in [0.1, 0.15) is 30.1 Å². The summed E-state index contributed by atoms with van der Waals surface area (Å²) in [6, 6.07) is 9.29. The Morgan fingerprint density at radius 1 is 1.23 bits per heavy atom. The molecule has 1 aromatic carbocycles. The lowest BCUT2D eigenvalue weighted by Gasteiger charge is -2.23. The average molecular weight is 296 g/mol. The Morgan fingerprint density at radius 3 is 2.77 bits per heavy atom. The molecular weight excluding hydrogens is 280 g/mol. The zero-order chi connectivity index (χ0) is 15.4. The molecule has 0 amide bonds. The summed E-state index contributed by atoms with van der Waals surface area (Å²) in [5, 5.41) is 9.36. The number of nitrogens with two attached hydrogens (primary N) is 1. The third-order valence-corrected chi connectivity index (χ3v) is 3.55. The molecule has 6 nitrogen and oxygen atoms in total. The van der Waals surface area contributed by atoms with Crippen molar-refractivity contribution in [2.75, 3.05) is 18.9 Å². The Kier molecular flexibility index (Phi) is 4.17. The molecule has 1 aromatic heterocycles. The van der Waals surface area contributed by atoms with Crippen LogP contribution < -0.4 is 10.5 Å². The summed E-state index contributed by atoms with van der Waals surface area (Å²) in [5.74, 6) is 0.992. The quantitative estimate of drug-likeness (QED) is 0.932. The standard InChI is InChI=1S/C16H16N4O2/c17-9-12-7-11(14-8-16(18)20-10-19-14)1-2-15(12)22-13-3-5-21-6-4-13/h1-2,7-8,10,13H,3-6H2,(H2,18,19,20). The second kappa shape index (κ2) is 6.41. The van der Waals surface area contributed by atoms with Gasteiger partial charge in [-0.2, -0.15) is 5.26 Å². The van der Waals surface area contributed by atoms with E-state index in [2.05, 4.69) is 16.0 Å². The summed E-state index contributed by atoms with van der Waals surface area (Å²) in [7, 11) is 0. The average Bonchev–Trinajstić information content (AvgIpc) is 2.56. The number of aromatic nitrogens is 2. The summed E-state index contributed by atoms with van der Waals surface area (Å²) >= 11 is 0. The fourth-order valence-corrected chi connectivity index (χ4v) is 2.38. The van der Waals surface area contributed by atoms with Gasteiger partial charge in [-0.3, -0.25) is 0 Å². The molecule has 3 rings (SSSR count). The highest BCUT2D eigenvalue weighted by Gasteiger charge is 2.17. The van der Waals surface area contributed by atoms with Crippen molar-refractivity contribution in [2.45, 2.75) is 18.9 Å². The molecule has 6 heteroatoms. The second-order valence-electron chi connectivity index (χ2n) is 5.08. The van der Waals surface area contributed by atoms with Crippen molar-refractivity contribution in [3.63, 3.8) is 0 Å². The molecule has 0 spiro atoms. The van der Waals surface area contributed by atoms with Crippen LogP contribution in [-0.2, 0) is 4.74 Å². The van der Waals surface area contributed by atoms with Gasteiger partial charge in [-0.1, -0.05) is 0 Å². The van der Waals surface area contributed by atoms with Gasteiger partial charge in [-0.15, -0.1) is 0 Å². The van der Waals surface area contributed by atoms with Crippen LogP contribution in [0.5, 0.6) is 5.75 Å². The third-order valence-electron chi connectivity index (χ3n) is 3.55. The van der Waals surface area contributed by atoms with Gasteiger partial charge in [0.25, 0.3) is 0 Å². The van der Waals surface area contributed by atoms with Crippen LogP contribution in [0.3, 0.4) is 0 Å². The number of rotatable bonds is 3. The van der Waals surface area contributed by atoms with E-state index >= 15 is 0 Å². The fourth-order valence-electron chi connectivity index (χ4n) is 2.38. The molecule has 0 aliphatic carbocycles. The number of nitrogens with zero attached hydrogens (tertiary/aromatic N) is 3. The van der Waals surface area contributed by atoms with Crippen molar-refractivity contribution < 1.29 is 9.47 Å². The van der Waals surface area contributed by atoms with Crippen LogP contribution in [0.1, 0.15) is 18.4 Å². The molecule has 0 radical (unpaired) electrons. The maximum Gasteiger partial charge on any atom is 0.137 e. The molecule has 2 heterocycles. The van der Waals surface area contributed by atoms with Crippen LogP contribution in [0.25, 0.3) is 11.3 Å². The van der Waals surface area contributed by atoms with E-state index in [-0.39, 0.29) is 6.10 Å². The topological polar surface area (TPSA) is 94.1 Å². The molecule has 0 unspecified atom stereocenters. The van der Waals surface area contributed by atoms with Crippen LogP contribution in [0, 0.1) is 11.3 Å². The highest BCUT2D eigenvalue weighted by Crippen LogP contribution is 2.27. The minimum Gasteiger partial charge on any atom is -0.489 e. The molecule has 1 aliphatic rings. The first-order valence-corrected chi connectivity index (χ1v) is 7.12. The van der Waals surface area contributed by atoms with Crippen LogP contribution in [-0.4, -0.2) is 29.3 Å². The Morgan fingerprint density at radius 2 is 2.05 bits per heavy atom. The first-order chi connectivity index (χ1) is 10.8. The Hall–Kier alpha value is -2.65. The first-order valence-electron chi connectivity index (χ1n) is 7.12. The van der Waals surface area contributed by atoms with E-state index in [1.54, 1.807) is 12.1 Å². The molecule has 1 fully saturated rings. The number of nitrogen functional groups attached to an aromatic ring is 1. The van der Waals surface area contributed by atoms with E-state index in [4.69, 9.17) is 15.2 Å². The number of nitriles is 1. The zero-order valence-electron chi connectivity index (χ0n) is 12.0. The smallest absolute Gasteiger partial charge is 0.137 e. The summed E-state index contributed by atoms with van der Waals surface area (Å²) in [4.78, 5) is 8.04. The van der Waals surface area contributed by atoms with Gasteiger partial charge in [0.2, 0.25) is 0 Å². The van der Waals surface area contributed by atoms with Gasteiger partial charge in [0, 0.05) is 24.5 Å². The monoisotopic (exact) mass is 296 g/mol. The highest BCUT2D eigenvalue weighted by molar-refractivity contribution is 5.65. The molecule has 2 aromatic rings. The predicted octanol–water partition coefficient (Wildman–Crippen LogP) is 2.16. The maximum absolute atomic E-state index is 9.36. The molecule has 1 aliphatic heterocycles. The van der Waals surface area contributed by atoms with E-state index in [1.807, 2.05) is 12.1 Å². The first kappa shape index (κ1) is 14.3. The van der Waals surface area contributed by atoms with Gasteiger partial charge in [0.15, 0.2) is 0 Å². The Bertz CT molecular complexity index is 706. The van der Waals surface area contributed by atoms with E-state index in [1.165, 1.54) is 6.33 Å². The molecule has 22 heavy (non-hydrogen) atoms. The van der Waals surface area contributed by atoms with Gasteiger partial charge in [0.05, 0.1) is 24.5 Å². The van der Waals surface area contributed by atoms with Gasteiger partial charge >= 0.3 is 0 Å². The van der Waals surface area contributed by atoms with Crippen LogP contribution >= 0.6 is 0 Å². The summed E-state index contributed by atoms with van der Waals surface area (Å²) < 4.78 is 11.2. The molecule has 0 bridgehead atoms. The highest BCUT2D eigenvalue weighted by atomic mass is 16.5. The molecule has 112 valence electrons. The number of hydrogen-bond donors (Lipinski definition) is 1. The predicted molar refractivity (Wildman–Crippen MR) is 81.1 cm³/mol. The lowest BCUT2D eigenvalue weighted by Crippen LogP contribution is -2.26. The maximum atomic E-state index is 9.36. The lowest BCUT2D eigenvalue weighted by atomic mass is 10.1. The largest absolute Gasteiger partial charge is 0.489 e. The minimum absolute atomic E-state index is 0.0985. The molecule has 1 saturated heterocycles. The van der Waals surface area contributed by atoms with Crippen LogP contribution in [0.2, 0.25) is 0 Å². The normalized spacial score (nSPS) is 15.2. The second-order valence-corrected chi connectivity index (χ2v) is 5.08. The van der Waals surface area contributed by atoms with Crippen molar-refractivity contribution in [3.8, 4) is 23.1 Å². The van der Waals surface area contributed by atoms with Gasteiger partial charge in [-0.05, 0) is 18.2 Å². The van der Waals surface area contributed by atoms with Gasteiger partial charge < -0.3 is 15.2 Å². The van der Waals surface area contributed by atoms with E-state index in [0.29, 0.717) is 36.0 Å². The number of hydrogen-bond acceptors (Lipinski definition) is 6. The lowest BCUT2D eigenvalue weighted by molar-refractivity contribution is 0.0254. The van der Waals surface area contributed by atoms with Crippen LogP contribution in [0.4, 0.5) is 5.82 Å². The molecule has 0 atom stereocenters. The summed E-state index contributed by atoms with van der Waals surface area (Å²) in [6.45, 7) is 1.40. The van der Waals surface area contributed by atoms with Gasteiger partial charge in [-0.25, -0.2) is 9.97 Å². The Balaban J connectivity index is 1.86.